The summed E-state index contributed by atoms with van der Waals surface area (Å²) in [5.41, 5.74) is 1.64. The van der Waals surface area contributed by atoms with Gasteiger partial charge in [-0.15, -0.1) is 0 Å². The highest BCUT2D eigenvalue weighted by atomic mass is 32.2. The normalized spacial score (nSPS) is 14.7. The van der Waals surface area contributed by atoms with Crippen molar-refractivity contribution < 1.29 is 32.2 Å². The van der Waals surface area contributed by atoms with Crippen LogP contribution in [0, 0.1) is 13.8 Å². The van der Waals surface area contributed by atoms with Crippen LogP contribution in [0.1, 0.15) is 46.0 Å². The van der Waals surface area contributed by atoms with E-state index < -0.39 is 21.9 Å². The number of aryl methyl sites for hydroxylation is 1. The first-order valence-corrected chi connectivity index (χ1v) is 12.2. The smallest absolute Gasteiger partial charge is 0.340 e. The van der Waals surface area contributed by atoms with Crippen LogP contribution in [0.25, 0.3) is 0 Å². The van der Waals surface area contributed by atoms with Crippen LogP contribution in [0.4, 0.5) is 5.69 Å². The average Bonchev–Trinajstić information content (AvgIpc) is 3.09. The number of amides is 1. The fraction of sp³-hybridized carbons (Fsp3) is 0.455. The van der Waals surface area contributed by atoms with Gasteiger partial charge in [0.2, 0.25) is 10.0 Å². The maximum Gasteiger partial charge on any atom is 0.340 e. The molecule has 1 aromatic carbocycles. The van der Waals surface area contributed by atoms with Gasteiger partial charge < -0.3 is 24.5 Å². The first-order valence-electron chi connectivity index (χ1n) is 10.7. The van der Waals surface area contributed by atoms with Gasteiger partial charge >= 0.3 is 5.97 Å². The molecule has 1 saturated heterocycles. The van der Waals surface area contributed by atoms with Gasteiger partial charge in [-0.3, -0.25) is 4.79 Å². The molecule has 3 rings (SSSR count). The van der Waals surface area contributed by atoms with Crippen LogP contribution in [0.3, 0.4) is 0 Å². The molecular formula is C22H29N3O7S. The molecule has 0 aliphatic carbocycles. The minimum atomic E-state index is -3.77. The summed E-state index contributed by atoms with van der Waals surface area (Å²) in [5, 5.41) is 2.72. The summed E-state index contributed by atoms with van der Waals surface area (Å²) in [7, 11) is -3.77. The zero-order valence-electron chi connectivity index (χ0n) is 19.2. The Kier molecular flexibility index (Phi) is 7.77. The van der Waals surface area contributed by atoms with E-state index in [2.05, 4.69) is 10.3 Å². The van der Waals surface area contributed by atoms with Crippen LogP contribution >= 0.6 is 0 Å². The summed E-state index contributed by atoms with van der Waals surface area (Å²) in [6.45, 7) is 8.53. The Morgan fingerprint density at radius 1 is 1.15 bits per heavy atom. The SMILES string of the molecule is CCOC(=O)c1c(C)[nH]c(C(=O)Nc2cc(S(=O)(=O)N3CCOCC3)ccc2OCC)c1C. The number of anilines is 1. The van der Waals surface area contributed by atoms with Crippen molar-refractivity contribution in [2.75, 3.05) is 44.8 Å². The molecule has 1 aliphatic heterocycles. The first kappa shape index (κ1) is 24.7. The number of aromatic amines is 1. The fourth-order valence-electron chi connectivity index (χ4n) is 3.66. The second-order valence-corrected chi connectivity index (χ2v) is 9.34. The lowest BCUT2D eigenvalue weighted by Crippen LogP contribution is -2.40. The van der Waals surface area contributed by atoms with Gasteiger partial charge in [-0.05, 0) is 51.5 Å². The highest BCUT2D eigenvalue weighted by Crippen LogP contribution is 2.30. The minimum Gasteiger partial charge on any atom is -0.492 e. The summed E-state index contributed by atoms with van der Waals surface area (Å²) in [5.74, 6) is -0.720. The van der Waals surface area contributed by atoms with E-state index >= 15 is 0 Å². The summed E-state index contributed by atoms with van der Waals surface area (Å²) in [6.07, 6.45) is 0. The number of H-pyrrole nitrogens is 1. The standard InChI is InChI=1S/C22H29N3O7S/c1-5-31-18-8-7-16(33(28,29)25-9-11-30-12-10-25)13-17(18)24-21(26)20-14(3)19(15(4)23-20)22(27)32-6-2/h7-8,13,23H,5-6,9-12H2,1-4H3,(H,24,26). The van der Waals surface area contributed by atoms with E-state index in [1.165, 1.54) is 22.5 Å². The van der Waals surface area contributed by atoms with Crippen molar-refractivity contribution >= 4 is 27.6 Å². The molecule has 33 heavy (non-hydrogen) atoms. The molecule has 2 heterocycles. The van der Waals surface area contributed by atoms with Gasteiger partial charge in [0.25, 0.3) is 5.91 Å². The molecule has 1 fully saturated rings. The Bertz CT molecular complexity index is 1140. The van der Waals surface area contributed by atoms with Crippen molar-refractivity contribution in [1.82, 2.24) is 9.29 Å². The second-order valence-electron chi connectivity index (χ2n) is 7.41. The van der Waals surface area contributed by atoms with Gasteiger partial charge in [0.1, 0.15) is 11.4 Å². The van der Waals surface area contributed by atoms with Crippen LogP contribution in [0.15, 0.2) is 23.1 Å². The molecule has 0 atom stereocenters. The molecule has 0 radical (unpaired) electrons. The molecule has 0 spiro atoms. The predicted molar refractivity (Wildman–Crippen MR) is 121 cm³/mol. The zero-order chi connectivity index (χ0) is 24.2. The van der Waals surface area contributed by atoms with Crippen LogP contribution < -0.4 is 10.1 Å². The largest absolute Gasteiger partial charge is 0.492 e. The van der Waals surface area contributed by atoms with Crippen molar-refractivity contribution in [3.8, 4) is 5.75 Å². The number of sulfonamides is 1. The third-order valence-electron chi connectivity index (χ3n) is 5.25. The number of morpholine rings is 1. The molecule has 0 bridgehead atoms. The number of nitrogens with one attached hydrogen (secondary N) is 2. The number of aromatic nitrogens is 1. The lowest BCUT2D eigenvalue weighted by atomic mass is 10.1. The highest BCUT2D eigenvalue weighted by molar-refractivity contribution is 7.89. The van der Waals surface area contributed by atoms with Gasteiger partial charge in [0.15, 0.2) is 0 Å². The van der Waals surface area contributed by atoms with E-state index in [4.69, 9.17) is 14.2 Å². The lowest BCUT2D eigenvalue weighted by Gasteiger charge is -2.26. The summed E-state index contributed by atoms with van der Waals surface area (Å²) < 4.78 is 43.4. The maximum atomic E-state index is 13.1. The number of rotatable bonds is 8. The third-order valence-corrected chi connectivity index (χ3v) is 7.15. The summed E-state index contributed by atoms with van der Waals surface area (Å²) in [6, 6.07) is 4.35. The third kappa shape index (κ3) is 5.21. The van der Waals surface area contributed by atoms with Crippen LogP contribution in [-0.2, 0) is 19.5 Å². The predicted octanol–water partition coefficient (Wildman–Crippen LogP) is 2.48. The van der Waals surface area contributed by atoms with Crippen molar-refractivity contribution in [2.24, 2.45) is 0 Å². The molecule has 11 heteroatoms. The molecule has 10 nitrogen and oxygen atoms in total. The molecule has 1 aromatic heterocycles. The van der Waals surface area contributed by atoms with Gasteiger partial charge in [0, 0.05) is 18.8 Å². The lowest BCUT2D eigenvalue weighted by molar-refractivity contribution is 0.0525. The van der Waals surface area contributed by atoms with Crippen LogP contribution in [-0.4, -0.2) is 69.1 Å². The summed E-state index contributed by atoms with van der Waals surface area (Å²) >= 11 is 0. The molecule has 0 unspecified atom stereocenters. The van der Waals surface area contributed by atoms with E-state index in [1.54, 1.807) is 27.7 Å². The zero-order valence-corrected chi connectivity index (χ0v) is 20.0. The Hall–Kier alpha value is -2.89. The minimum absolute atomic E-state index is 0.0368. The number of nitrogens with zero attached hydrogens (tertiary/aromatic N) is 1. The number of hydrogen-bond acceptors (Lipinski definition) is 7. The average molecular weight is 480 g/mol. The Balaban J connectivity index is 1.94. The Morgan fingerprint density at radius 3 is 2.48 bits per heavy atom. The van der Waals surface area contributed by atoms with Crippen molar-refractivity contribution in [1.29, 1.82) is 0 Å². The van der Waals surface area contributed by atoms with Gasteiger partial charge in [-0.2, -0.15) is 4.31 Å². The molecular weight excluding hydrogens is 450 g/mol. The number of esters is 1. The number of benzene rings is 1. The van der Waals surface area contributed by atoms with Crippen molar-refractivity contribution in [3.63, 3.8) is 0 Å². The summed E-state index contributed by atoms with van der Waals surface area (Å²) in [4.78, 5) is 28.3. The van der Waals surface area contributed by atoms with E-state index in [0.717, 1.165) is 0 Å². The van der Waals surface area contributed by atoms with Crippen molar-refractivity contribution in [2.45, 2.75) is 32.6 Å². The van der Waals surface area contributed by atoms with E-state index in [9.17, 15) is 18.0 Å². The number of hydrogen-bond donors (Lipinski definition) is 2. The molecule has 2 aromatic rings. The fourth-order valence-corrected chi connectivity index (χ4v) is 5.09. The van der Waals surface area contributed by atoms with Crippen LogP contribution in [0.2, 0.25) is 0 Å². The van der Waals surface area contributed by atoms with E-state index in [-0.39, 0.29) is 36.0 Å². The van der Waals surface area contributed by atoms with E-state index in [0.29, 0.717) is 42.4 Å². The molecule has 1 amide bonds. The van der Waals surface area contributed by atoms with Crippen LogP contribution in [0.5, 0.6) is 5.75 Å². The molecule has 180 valence electrons. The number of ether oxygens (including phenoxy) is 3. The first-order chi connectivity index (χ1) is 15.7. The Morgan fingerprint density at radius 2 is 1.85 bits per heavy atom. The molecule has 1 aliphatic rings. The monoisotopic (exact) mass is 479 g/mol. The molecule has 2 N–H and O–H groups in total. The van der Waals surface area contributed by atoms with Gasteiger partial charge in [0.05, 0.1) is 42.6 Å². The number of carbonyl (C=O) groups is 2. The quantitative estimate of drug-likeness (QED) is 0.557. The maximum absolute atomic E-state index is 13.1. The molecule has 0 saturated carbocycles. The Labute approximate surface area is 193 Å². The van der Waals surface area contributed by atoms with Crippen molar-refractivity contribution in [3.05, 3.63) is 40.7 Å². The van der Waals surface area contributed by atoms with Gasteiger partial charge in [-0.25, -0.2) is 13.2 Å². The second kappa shape index (κ2) is 10.4. The highest BCUT2D eigenvalue weighted by Gasteiger charge is 2.28. The number of carbonyl (C=O) groups excluding carboxylic acids is 2. The topological polar surface area (TPSA) is 127 Å². The van der Waals surface area contributed by atoms with E-state index in [1.807, 2.05) is 0 Å². The van der Waals surface area contributed by atoms with Gasteiger partial charge in [-0.1, -0.05) is 0 Å².